The van der Waals surface area contributed by atoms with Gasteiger partial charge in [0.05, 0.1) is 5.92 Å². The van der Waals surface area contributed by atoms with Crippen molar-refractivity contribution in [1.82, 2.24) is 0 Å². The molecule has 0 amide bonds. The van der Waals surface area contributed by atoms with Crippen LogP contribution in [0.1, 0.15) is 40.9 Å². The molecule has 1 nitrogen and oxygen atoms in total. The van der Waals surface area contributed by atoms with E-state index in [0.29, 0.717) is 24.8 Å². The number of hydrogen-bond donors (Lipinski definition) is 0. The average Bonchev–Trinajstić information content (AvgIpc) is 2.74. The van der Waals surface area contributed by atoms with Crippen molar-refractivity contribution in [3.8, 4) is 0 Å². The minimum atomic E-state index is -4.26. The quantitative estimate of drug-likeness (QED) is 0.721. The van der Waals surface area contributed by atoms with Crippen LogP contribution in [-0.2, 0) is 0 Å². The number of hydrogen-bond acceptors (Lipinski definition) is 2. The van der Waals surface area contributed by atoms with Gasteiger partial charge in [0.1, 0.15) is 0 Å². The van der Waals surface area contributed by atoms with Crippen molar-refractivity contribution in [2.24, 2.45) is 11.8 Å². The van der Waals surface area contributed by atoms with Crippen LogP contribution in [0.25, 0.3) is 0 Å². The Kier molecular flexibility index (Phi) is 3.80. The molecule has 0 N–H and O–H groups in total. The van der Waals surface area contributed by atoms with Gasteiger partial charge in [-0.2, -0.15) is 13.2 Å². The van der Waals surface area contributed by atoms with E-state index < -0.39 is 18.0 Å². The Labute approximate surface area is 108 Å². The molecular formula is C13H15F3OS. The van der Waals surface area contributed by atoms with E-state index in [0.717, 1.165) is 4.88 Å². The van der Waals surface area contributed by atoms with Gasteiger partial charge in [0, 0.05) is 21.7 Å². The monoisotopic (exact) mass is 276 g/mol. The fraction of sp³-hybridized carbons (Fsp3) is 0.615. The van der Waals surface area contributed by atoms with Crippen molar-refractivity contribution in [2.75, 3.05) is 0 Å². The summed E-state index contributed by atoms with van der Waals surface area (Å²) in [7, 11) is 0. The summed E-state index contributed by atoms with van der Waals surface area (Å²) in [5.41, 5.74) is 0.443. The number of aryl methyl sites for hydroxylation is 1. The van der Waals surface area contributed by atoms with Gasteiger partial charge in [0.25, 0.3) is 0 Å². The smallest absolute Gasteiger partial charge is 0.294 e. The normalized spacial score (nSPS) is 25.1. The third-order valence-corrected chi connectivity index (χ3v) is 4.40. The van der Waals surface area contributed by atoms with Crippen molar-refractivity contribution in [2.45, 2.75) is 38.8 Å². The first-order chi connectivity index (χ1) is 8.39. The second-order valence-electron chi connectivity index (χ2n) is 4.85. The molecule has 5 heteroatoms. The van der Waals surface area contributed by atoms with Gasteiger partial charge >= 0.3 is 6.18 Å². The van der Waals surface area contributed by atoms with Crippen molar-refractivity contribution in [3.63, 3.8) is 0 Å². The average molecular weight is 276 g/mol. The molecule has 2 rings (SSSR count). The molecular weight excluding hydrogens is 261 g/mol. The standard InChI is InChI=1S/C13H15F3OS/c1-8-6-9(7-18-8)12(17)10-4-2-3-5-11(10)13(14,15)16/h6-7,10-11H,2-5H2,1H3. The maximum Gasteiger partial charge on any atom is 0.392 e. The zero-order valence-electron chi connectivity index (χ0n) is 10.1. The first kappa shape index (κ1) is 13.6. The molecule has 1 heterocycles. The van der Waals surface area contributed by atoms with Gasteiger partial charge in [-0.3, -0.25) is 4.79 Å². The number of ketones is 1. The molecule has 1 aromatic heterocycles. The van der Waals surface area contributed by atoms with Gasteiger partial charge in [0.15, 0.2) is 5.78 Å². The largest absolute Gasteiger partial charge is 0.392 e. The van der Waals surface area contributed by atoms with Gasteiger partial charge in [0.2, 0.25) is 0 Å². The predicted octanol–water partition coefficient (Wildman–Crippen LogP) is 4.61. The Morgan fingerprint density at radius 3 is 2.56 bits per heavy atom. The molecule has 0 bridgehead atoms. The zero-order valence-corrected chi connectivity index (χ0v) is 10.9. The van der Waals surface area contributed by atoms with E-state index in [2.05, 4.69) is 0 Å². The topological polar surface area (TPSA) is 17.1 Å². The lowest BCUT2D eigenvalue weighted by molar-refractivity contribution is -0.190. The number of thiophene rings is 1. The van der Waals surface area contributed by atoms with Crippen molar-refractivity contribution >= 4 is 17.1 Å². The SMILES string of the molecule is Cc1cc(C(=O)C2CCCCC2C(F)(F)F)cs1. The second-order valence-corrected chi connectivity index (χ2v) is 5.96. The van der Waals surface area contributed by atoms with E-state index in [1.807, 2.05) is 6.92 Å². The molecule has 1 aliphatic rings. The predicted molar refractivity (Wildman–Crippen MR) is 64.9 cm³/mol. The van der Waals surface area contributed by atoms with Crippen LogP contribution in [0.15, 0.2) is 11.4 Å². The molecule has 2 unspecified atom stereocenters. The summed E-state index contributed by atoms with van der Waals surface area (Å²) in [4.78, 5) is 13.1. The van der Waals surface area contributed by atoms with Crippen LogP contribution in [0.5, 0.6) is 0 Å². The van der Waals surface area contributed by atoms with Gasteiger partial charge < -0.3 is 0 Å². The van der Waals surface area contributed by atoms with Crippen LogP contribution >= 0.6 is 11.3 Å². The summed E-state index contributed by atoms with van der Waals surface area (Å²) in [5.74, 6) is -2.67. The molecule has 0 radical (unpaired) electrons. The highest BCUT2D eigenvalue weighted by Crippen LogP contribution is 2.42. The molecule has 0 saturated heterocycles. The Balaban J connectivity index is 2.21. The first-order valence-corrected chi connectivity index (χ1v) is 6.93. The summed E-state index contributed by atoms with van der Waals surface area (Å²) in [6.45, 7) is 1.85. The van der Waals surface area contributed by atoms with E-state index in [4.69, 9.17) is 0 Å². The highest BCUT2D eigenvalue weighted by Gasteiger charge is 2.48. The number of carbonyl (C=O) groups is 1. The molecule has 100 valence electrons. The van der Waals surface area contributed by atoms with Crippen molar-refractivity contribution in [1.29, 1.82) is 0 Å². The lowest BCUT2D eigenvalue weighted by Gasteiger charge is -2.31. The highest BCUT2D eigenvalue weighted by atomic mass is 32.1. The van der Waals surface area contributed by atoms with Gasteiger partial charge in [-0.25, -0.2) is 0 Å². The minimum absolute atomic E-state index is 0.0863. The second kappa shape index (κ2) is 5.03. The fourth-order valence-corrected chi connectivity index (χ4v) is 3.32. The molecule has 1 saturated carbocycles. The van der Waals surface area contributed by atoms with Crippen LogP contribution < -0.4 is 0 Å². The lowest BCUT2D eigenvalue weighted by atomic mass is 9.75. The number of alkyl halides is 3. The maximum absolute atomic E-state index is 12.9. The van der Waals surface area contributed by atoms with E-state index in [1.54, 1.807) is 11.4 Å². The summed E-state index contributed by atoms with van der Waals surface area (Å²) < 4.78 is 38.8. The molecule has 1 aromatic rings. The number of rotatable bonds is 2. The number of Topliss-reactive ketones (excluding diaryl/α,β-unsaturated/α-hetero) is 1. The fourth-order valence-electron chi connectivity index (χ4n) is 2.62. The van der Waals surface area contributed by atoms with E-state index >= 15 is 0 Å². The van der Waals surface area contributed by atoms with Crippen LogP contribution in [0.4, 0.5) is 13.2 Å². The lowest BCUT2D eigenvalue weighted by Crippen LogP contribution is -2.37. The molecule has 18 heavy (non-hydrogen) atoms. The van der Waals surface area contributed by atoms with E-state index in [1.165, 1.54) is 11.3 Å². The van der Waals surface area contributed by atoms with Crippen LogP contribution in [-0.4, -0.2) is 12.0 Å². The van der Waals surface area contributed by atoms with Crippen molar-refractivity contribution < 1.29 is 18.0 Å². The van der Waals surface area contributed by atoms with Gasteiger partial charge in [-0.05, 0) is 25.8 Å². The third-order valence-electron chi connectivity index (χ3n) is 3.54. The Morgan fingerprint density at radius 2 is 2.00 bits per heavy atom. The van der Waals surface area contributed by atoms with E-state index in [9.17, 15) is 18.0 Å². The summed E-state index contributed by atoms with van der Waals surface area (Å²) in [6, 6.07) is 1.69. The Bertz CT molecular complexity index is 436. The third kappa shape index (κ3) is 2.76. The Morgan fingerprint density at radius 1 is 1.33 bits per heavy atom. The Hall–Kier alpha value is -0.840. The van der Waals surface area contributed by atoms with Crippen LogP contribution in [0.3, 0.4) is 0 Å². The van der Waals surface area contributed by atoms with Gasteiger partial charge in [-0.15, -0.1) is 11.3 Å². The summed E-state index contributed by atoms with van der Waals surface area (Å²) in [6.07, 6.45) is -2.53. The summed E-state index contributed by atoms with van der Waals surface area (Å²) in [5, 5.41) is 1.67. The maximum atomic E-state index is 12.9. The van der Waals surface area contributed by atoms with Crippen LogP contribution in [0, 0.1) is 18.8 Å². The molecule has 0 aromatic carbocycles. The van der Waals surface area contributed by atoms with Gasteiger partial charge in [-0.1, -0.05) is 12.8 Å². The first-order valence-electron chi connectivity index (χ1n) is 6.05. The molecule has 0 aliphatic heterocycles. The molecule has 0 spiro atoms. The molecule has 1 fully saturated rings. The number of halogens is 3. The summed E-state index contributed by atoms with van der Waals surface area (Å²) >= 11 is 1.40. The number of carbonyl (C=O) groups excluding carboxylic acids is 1. The van der Waals surface area contributed by atoms with Crippen molar-refractivity contribution in [3.05, 3.63) is 21.9 Å². The molecule has 2 atom stereocenters. The zero-order chi connectivity index (χ0) is 13.3. The minimum Gasteiger partial charge on any atom is -0.294 e. The van der Waals surface area contributed by atoms with E-state index in [-0.39, 0.29) is 12.2 Å². The highest BCUT2D eigenvalue weighted by molar-refractivity contribution is 7.10. The molecule has 1 aliphatic carbocycles. The van der Waals surface area contributed by atoms with Crippen LogP contribution in [0.2, 0.25) is 0 Å².